The molecule has 4 nitrogen and oxygen atoms in total. The van der Waals surface area contributed by atoms with Crippen LogP contribution in [0.5, 0.6) is 5.88 Å². The molecule has 0 spiro atoms. The quantitative estimate of drug-likeness (QED) is 0.927. The van der Waals surface area contributed by atoms with Crippen LogP contribution < -0.4 is 15.0 Å². The first-order valence-corrected chi connectivity index (χ1v) is 7.37. The lowest BCUT2D eigenvalue weighted by molar-refractivity contribution is 0.297. The molecule has 1 saturated heterocycles. The molecule has 1 fully saturated rings. The number of aromatic nitrogens is 1. The number of hydrogen-bond acceptors (Lipinski definition) is 5. The van der Waals surface area contributed by atoms with Gasteiger partial charge in [-0.1, -0.05) is 6.07 Å². The zero-order valence-corrected chi connectivity index (χ0v) is 11.5. The highest BCUT2D eigenvalue weighted by atomic mass is 32.1. The van der Waals surface area contributed by atoms with Crippen LogP contribution in [0.3, 0.4) is 0 Å². The summed E-state index contributed by atoms with van der Waals surface area (Å²) in [6, 6.07) is 8.14. The van der Waals surface area contributed by atoms with E-state index in [0.717, 1.165) is 26.2 Å². The minimum Gasteiger partial charge on any atom is -0.472 e. The summed E-state index contributed by atoms with van der Waals surface area (Å²) in [4.78, 5) is 7.93. The summed E-state index contributed by atoms with van der Waals surface area (Å²) in [6.45, 7) is 4.75. The summed E-state index contributed by atoms with van der Waals surface area (Å²) >= 11 is 1.70. The van der Waals surface area contributed by atoms with Crippen molar-refractivity contribution < 1.29 is 4.74 Å². The fourth-order valence-corrected chi connectivity index (χ4v) is 2.72. The minimum atomic E-state index is 0.595. The number of nitrogens with zero attached hydrogens (tertiary/aromatic N) is 2. The van der Waals surface area contributed by atoms with Gasteiger partial charge < -0.3 is 15.0 Å². The third-order valence-corrected chi connectivity index (χ3v) is 4.00. The van der Waals surface area contributed by atoms with Crippen molar-refractivity contribution in [3.05, 3.63) is 40.7 Å². The lowest BCUT2D eigenvalue weighted by Gasteiger charge is -2.29. The normalized spacial score (nSPS) is 15.5. The van der Waals surface area contributed by atoms with E-state index in [1.54, 1.807) is 11.3 Å². The first kappa shape index (κ1) is 12.4. The maximum absolute atomic E-state index is 5.66. The Kier molecular flexibility index (Phi) is 3.95. The third kappa shape index (κ3) is 3.24. The molecule has 0 aliphatic carbocycles. The van der Waals surface area contributed by atoms with E-state index < -0.39 is 0 Å². The SMILES string of the molecule is c1csc(COc2ccc(N3CCNCC3)cn2)c1. The molecule has 0 aromatic carbocycles. The van der Waals surface area contributed by atoms with E-state index in [1.807, 2.05) is 18.3 Å². The standard InChI is InChI=1S/C14H17N3OS/c1-2-13(19-9-1)11-18-14-4-3-12(10-16-14)17-7-5-15-6-8-17/h1-4,9-10,15H,5-8,11H2. The van der Waals surface area contributed by atoms with Gasteiger partial charge in [-0.05, 0) is 17.5 Å². The molecule has 3 heterocycles. The first-order valence-electron chi connectivity index (χ1n) is 6.49. The first-order chi connectivity index (χ1) is 9.42. The fraction of sp³-hybridized carbons (Fsp3) is 0.357. The molecule has 5 heteroatoms. The van der Waals surface area contributed by atoms with Crippen LogP contribution in [-0.4, -0.2) is 31.2 Å². The van der Waals surface area contributed by atoms with Gasteiger partial charge in [-0.25, -0.2) is 4.98 Å². The van der Waals surface area contributed by atoms with E-state index in [2.05, 4.69) is 32.7 Å². The van der Waals surface area contributed by atoms with Gasteiger partial charge in [0.25, 0.3) is 0 Å². The molecule has 0 unspecified atom stereocenters. The molecule has 1 N–H and O–H groups in total. The number of nitrogens with one attached hydrogen (secondary N) is 1. The number of piperazine rings is 1. The van der Waals surface area contributed by atoms with Crippen LogP contribution >= 0.6 is 11.3 Å². The van der Waals surface area contributed by atoms with E-state index in [1.165, 1.54) is 10.6 Å². The summed E-state index contributed by atoms with van der Waals surface area (Å²) in [7, 11) is 0. The fourth-order valence-electron chi connectivity index (χ4n) is 2.11. The second kappa shape index (κ2) is 6.04. The maximum atomic E-state index is 5.66. The van der Waals surface area contributed by atoms with E-state index in [4.69, 9.17) is 4.74 Å². The predicted molar refractivity (Wildman–Crippen MR) is 78.0 cm³/mol. The molecular weight excluding hydrogens is 258 g/mol. The summed E-state index contributed by atoms with van der Waals surface area (Å²) < 4.78 is 5.66. The van der Waals surface area contributed by atoms with Crippen molar-refractivity contribution in [1.82, 2.24) is 10.3 Å². The Morgan fingerprint density at radius 1 is 1.26 bits per heavy atom. The average molecular weight is 275 g/mol. The molecule has 100 valence electrons. The second-order valence-corrected chi connectivity index (χ2v) is 5.49. The Hall–Kier alpha value is -1.59. The van der Waals surface area contributed by atoms with Crippen molar-refractivity contribution in [1.29, 1.82) is 0 Å². The topological polar surface area (TPSA) is 37.4 Å². The summed E-state index contributed by atoms with van der Waals surface area (Å²) in [5.41, 5.74) is 1.17. The van der Waals surface area contributed by atoms with E-state index in [0.29, 0.717) is 12.5 Å². The number of ether oxygens (including phenoxy) is 1. The molecule has 0 radical (unpaired) electrons. The van der Waals surface area contributed by atoms with E-state index in [-0.39, 0.29) is 0 Å². The van der Waals surface area contributed by atoms with Crippen LogP contribution in [0.4, 0.5) is 5.69 Å². The molecule has 19 heavy (non-hydrogen) atoms. The molecular formula is C14H17N3OS. The van der Waals surface area contributed by atoms with E-state index >= 15 is 0 Å². The largest absolute Gasteiger partial charge is 0.472 e. The summed E-state index contributed by atoms with van der Waals surface area (Å²) in [6.07, 6.45) is 1.90. The van der Waals surface area contributed by atoms with Crippen LogP contribution in [-0.2, 0) is 6.61 Å². The summed E-state index contributed by atoms with van der Waals surface area (Å²) in [5.74, 6) is 0.687. The van der Waals surface area contributed by atoms with Gasteiger partial charge in [0.2, 0.25) is 5.88 Å². The molecule has 0 amide bonds. The van der Waals surface area contributed by atoms with Gasteiger partial charge in [0, 0.05) is 37.1 Å². The number of anilines is 1. The molecule has 0 bridgehead atoms. The molecule has 0 atom stereocenters. The number of pyridine rings is 1. The Morgan fingerprint density at radius 2 is 2.16 bits per heavy atom. The average Bonchev–Trinajstić information content (AvgIpc) is 3.00. The third-order valence-electron chi connectivity index (χ3n) is 3.15. The second-order valence-electron chi connectivity index (χ2n) is 4.46. The lowest BCUT2D eigenvalue weighted by atomic mass is 10.3. The van der Waals surface area contributed by atoms with Gasteiger partial charge in [-0.15, -0.1) is 11.3 Å². The van der Waals surface area contributed by atoms with Crippen LogP contribution in [0.1, 0.15) is 4.88 Å². The van der Waals surface area contributed by atoms with Gasteiger partial charge in [0.1, 0.15) is 6.61 Å². The Balaban J connectivity index is 1.58. The monoisotopic (exact) mass is 275 g/mol. The smallest absolute Gasteiger partial charge is 0.213 e. The molecule has 0 saturated carbocycles. The predicted octanol–water partition coefficient (Wildman–Crippen LogP) is 2.13. The number of thiophene rings is 1. The zero-order chi connectivity index (χ0) is 12.9. The Bertz CT molecular complexity index is 492. The van der Waals surface area contributed by atoms with Crippen molar-refractivity contribution in [3.8, 4) is 5.88 Å². The van der Waals surface area contributed by atoms with Crippen LogP contribution in [0, 0.1) is 0 Å². The van der Waals surface area contributed by atoms with Gasteiger partial charge in [-0.2, -0.15) is 0 Å². The van der Waals surface area contributed by atoms with Crippen LogP contribution in [0.15, 0.2) is 35.8 Å². The number of hydrogen-bond donors (Lipinski definition) is 1. The Labute approximate surface area is 117 Å². The molecule has 2 aromatic rings. The van der Waals surface area contributed by atoms with Gasteiger partial charge >= 0.3 is 0 Å². The van der Waals surface area contributed by atoms with Crippen molar-refractivity contribution in [3.63, 3.8) is 0 Å². The number of rotatable bonds is 4. The van der Waals surface area contributed by atoms with Crippen molar-refractivity contribution >= 4 is 17.0 Å². The van der Waals surface area contributed by atoms with Crippen LogP contribution in [0.25, 0.3) is 0 Å². The van der Waals surface area contributed by atoms with Crippen molar-refractivity contribution in [2.75, 3.05) is 31.1 Å². The molecule has 2 aromatic heterocycles. The maximum Gasteiger partial charge on any atom is 0.213 e. The molecule has 3 rings (SSSR count). The highest BCUT2D eigenvalue weighted by Gasteiger charge is 2.10. The van der Waals surface area contributed by atoms with Crippen molar-refractivity contribution in [2.45, 2.75) is 6.61 Å². The molecule has 1 aliphatic rings. The highest BCUT2D eigenvalue weighted by molar-refractivity contribution is 7.09. The molecule has 1 aliphatic heterocycles. The van der Waals surface area contributed by atoms with Crippen LogP contribution in [0.2, 0.25) is 0 Å². The highest BCUT2D eigenvalue weighted by Crippen LogP contribution is 2.18. The Morgan fingerprint density at radius 3 is 2.84 bits per heavy atom. The summed E-state index contributed by atoms with van der Waals surface area (Å²) in [5, 5.41) is 5.40. The zero-order valence-electron chi connectivity index (χ0n) is 10.7. The van der Waals surface area contributed by atoms with Crippen molar-refractivity contribution in [2.24, 2.45) is 0 Å². The van der Waals surface area contributed by atoms with Gasteiger partial charge in [0.15, 0.2) is 0 Å². The van der Waals surface area contributed by atoms with Gasteiger partial charge in [0.05, 0.1) is 11.9 Å². The van der Waals surface area contributed by atoms with Gasteiger partial charge in [-0.3, -0.25) is 0 Å². The lowest BCUT2D eigenvalue weighted by Crippen LogP contribution is -2.43. The van der Waals surface area contributed by atoms with E-state index in [9.17, 15) is 0 Å². The minimum absolute atomic E-state index is 0.595.